The van der Waals surface area contributed by atoms with Crippen molar-refractivity contribution in [3.8, 4) is 5.75 Å². The van der Waals surface area contributed by atoms with Crippen LogP contribution in [0.15, 0.2) is 12.4 Å². The van der Waals surface area contributed by atoms with Gasteiger partial charge in [0, 0.05) is 32.9 Å². The number of aryl methyl sites for hydroxylation is 1. The Morgan fingerprint density at radius 2 is 2.29 bits per heavy atom. The van der Waals surface area contributed by atoms with Crippen molar-refractivity contribution in [1.29, 1.82) is 0 Å². The van der Waals surface area contributed by atoms with Crippen LogP contribution in [0.25, 0.3) is 0 Å². The molecule has 21 heavy (non-hydrogen) atoms. The third-order valence-corrected chi connectivity index (χ3v) is 4.65. The summed E-state index contributed by atoms with van der Waals surface area (Å²) >= 11 is 1.37. The number of Topliss-reactive ketones (excluding diaryl/α,β-unsaturated/α-hetero) is 1. The summed E-state index contributed by atoms with van der Waals surface area (Å²) in [6, 6.07) is 0. The van der Waals surface area contributed by atoms with Gasteiger partial charge in [-0.15, -0.1) is 11.3 Å². The number of nitrogens with zero attached hydrogens (tertiary/aromatic N) is 3. The van der Waals surface area contributed by atoms with Gasteiger partial charge in [-0.25, -0.2) is 4.98 Å². The summed E-state index contributed by atoms with van der Waals surface area (Å²) in [5, 5.41) is 0.842. The van der Waals surface area contributed by atoms with Crippen molar-refractivity contribution < 1.29 is 9.53 Å². The molecule has 2 heterocycles. The van der Waals surface area contributed by atoms with Crippen LogP contribution in [0, 0.1) is 0 Å². The highest BCUT2D eigenvalue weighted by Gasteiger charge is 2.23. The van der Waals surface area contributed by atoms with Gasteiger partial charge in [-0.05, 0) is 0 Å². The van der Waals surface area contributed by atoms with Crippen LogP contribution in [0.1, 0.15) is 28.8 Å². The molecule has 0 fully saturated rings. The fraction of sp³-hybridized carbons (Fsp3) is 0.429. The van der Waals surface area contributed by atoms with Crippen LogP contribution in [0.2, 0.25) is 0 Å². The molecular weight excluding hydrogens is 288 g/mol. The molecule has 0 spiro atoms. The first kappa shape index (κ1) is 15.4. The highest BCUT2D eigenvalue weighted by Crippen LogP contribution is 2.45. The van der Waals surface area contributed by atoms with Crippen LogP contribution in [-0.2, 0) is 13.6 Å². The van der Waals surface area contributed by atoms with Crippen LogP contribution in [0.4, 0.5) is 10.7 Å². The molecule has 7 heteroatoms. The molecule has 0 saturated carbocycles. The molecule has 114 valence electrons. The summed E-state index contributed by atoms with van der Waals surface area (Å²) in [4.78, 5) is 18.8. The van der Waals surface area contributed by atoms with Gasteiger partial charge in [0.1, 0.15) is 10.8 Å². The Hall–Kier alpha value is -2.02. The number of ketones is 1. The Morgan fingerprint density at radius 3 is 2.81 bits per heavy atom. The molecule has 0 saturated heterocycles. The molecule has 0 unspecified atom stereocenters. The molecule has 0 radical (unpaired) electrons. The second-order valence-corrected chi connectivity index (χ2v) is 5.77. The Balaban J connectivity index is 2.34. The van der Waals surface area contributed by atoms with Crippen LogP contribution >= 0.6 is 11.3 Å². The molecule has 2 aromatic heterocycles. The molecule has 2 aromatic rings. The zero-order valence-electron chi connectivity index (χ0n) is 12.7. The summed E-state index contributed by atoms with van der Waals surface area (Å²) in [6.07, 6.45) is 4.08. The fourth-order valence-corrected chi connectivity index (χ4v) is 3.23. The predicted octanol–water partition coefficient (Wildman–Crippen LogP) is 2.30. The topological polar surface area (TPSA) is 73.4 Å². The lowest BCUT2D eigenvalue weighted by Gasteiger charge is -2.18. The lowest BCUT2D eigenvalue weighted by atomic mass is 10.2. The zero-order valence-corrected chi connectivity index (χ0v) is 13.5. The number of nitrogen functional groups attached to an aromatic ring is 1. The fourth-order valence-electron chi connectivity index (χ4n) is 2.07. The number of carbonyl (C=O) groups is 1. The second-order valence-electron chi connectivity index (χ2n) is 4.77. The Kier molecular flexibility index (Phi) is 4.52. The van der Waals surface area contributed by atoms with E-state index < -0.39 is 0 Å². The molecule has 0 amide bonds. The van der Waals surface area contributed by atoms with Gasteiger partial charge in [0.2, 0.25) is 0 Å². The average Bonchev–Trinajstić information content (AvgIpc) is 3.02. The van der Waals surface area contributed by atoms with Crippen molar-refractivity contribution in [3.05, 3.63) is 23.1 Å². The molecule has 0 bridgehead atoms. The minimum absolute atomic E-state index is 0.0347. The van der Waals surface area contributed by atoms with Gasteiger partial charge in [-0.2, -0.15) is 0 Å². The molecule has 6 nitrogen and oxygen atoms in total. The number of hydrogen-bond acceptors (Lipinski definition) is 6. The van der Waals surface area contributed by atoms with E-state index in [1.54, 1.807) is 13.3 Å². The van der Waals surface area contributed by atoms with E-state index in [-0.39, 0.29) is 5.78 Å². The standard InChI is InChI=1S/C14H20N4O2S/c1-5-9(19)13-11(15)12(20-4)14(21-13)18(3)8-10-16-6-7-17(10)2/h6-7H,5,8,15H2,1-4H3. The zero-order chi connectivity index (χ0) is 15.6. The number of hydrogen-bond donors (Lipinski definition) is 1. The van der Waals surface area contributed by atoms with E-state index in [4.69, 9.17) is 10.5 Å². The van der Waals surface area contributed by atoms with Crippen molar-refractivity contribution in [2.45, 2.75) is 19.9 Å². The highest BCUT2D eigenvalue weighted by atomic mass is 32.1. The van der Waals surface area contributed by atoms with E-state index in [1.165, 1.54) is 11.3 Å². The van der Waals surface area contributed by atoms with Gasteiger partial charge >= 0.3 is 0 Å². The number of nitrogens with two attached hydrogens (primary N) is 1. The number of rotatable bonds is 6. The lowest BCUT2D eigenvalue weighted by Crippen LogP contribution is -2.18. The molecule has 0 aliphatic heterocycles. The van der Waals surface area contributed by atoms with Crippen molar-refractivity contribution in [3.63, 3.8) is 0 Å². The highest BCUT2D eigenvalue weighted by molar-refractivity contribution is 7.19. The van der Waals surface area contributed by atoms with Crippen LogP contribution < -0.4 is 15.4 Å². The van der Waals surface area contributed by atoms with E-state index in [1.807, 2.05) is 36.7 Å². The average molecular weight is 308 g/mol. The van der Waals surface area contributed by atoms with Gasteiger partial charge < -0.3 is 19.9 Å². The smallest absolute Gasteiger partial charge is 0.177 e. The number of ether oxygens (including phenoxy) is 1. The first-order valence-electron chi connectivity index (χ1n) is 6.66. The van der Waals surface area contributed by atoms with E-state index >= 15 is 0 Å². The van der Waals surface area contributed by atoms with Gasteiger partial charge in [0.25, 0.3) is 0 Å². The summed E-state index contributed by atoms with van der Waals surface area (Å²) in [5.74, 6) is 1.52. The lowest BCUT2D eigenvalue weighted by molar-refractivity contribution is 0.0992. The Morgan fingerprint density at radius 1 is 1.57 bits per heavy atom. The summed E-state index contributed by atoms with van der Waals surface area (Å²) in [7, 11) is 5.45. The summed E-state index contributed by atoms with van der Waals surface area (Å²) < 4.78 is 7.34. The third-order valence-electron chi connectivity index (χ3n) is 3.31. The maximum atomic E-state index is 11.9. The number of imidazole rings is 1. The third kappa shape index (κ3) is 2.87. The largest absolute Gasteiger partial charge is 0.492 e. The number of anilines is 2. The van der Waals surface area contributed by atoms with Crippen LogP contribution in [-0.4, -0.2) is 29.5 Å². The first-order valence-corrected chi connectivity index (χ1v) is 7.48. The quantitative estimate of drug-likeness (QED) is 0.829. The van der Waals surface area contributed by atoms with Crippen LogP contribution in [0.3, 0.4) is 0 Å². The van der Waals surface area contributed by atoms with Crippen molar-refractivity contribution in [2.75, 3.05) is 24.8 Å². The van der Waals surface area contributed by atoms with E-state index in [0.29, 0.717) is 29.3 Å². The van der Waals surface area contributed by atoms with Gasteiger partial charge in [-0.1, -0.05) is 6.92 Å². The van der Waals surface area contributed by atoms with Gasteiger partial charge in [0.05, 0.1) is 24.2 Å². The second kappa shape index (κ2) is 6.17. The molecular formula is C14H20N4O2S. The minimum Gasteiger partial charge on any atom is -0.492 e. The predicted molar refractivity (Wildman–Crippen MR) is 85.2 cm³/mol. The molecule has 0 aromatic carbocycles. The Bertz CT molecular complexity index is 647. The van der Waals surface area contributed by atoms with Crippen molar-refractivity contribution in [2.24, 2.45) is 7.05 Å². The number of aromatic nitrogens is 2. The Labute approximate surface area is 128 Å². The number of methoxy groups -OCH3 is 1. The SMILES string of the molecule is CCC(=O)c1sc(N(C)Cc2nccn2C)c(OC)c1N. The maximum Gasteiger partial charge on any atom is 0.177 e. The van der Waals surface area contributed by atoms with E-state index in [9.17, 15) is 4.79 Å². The monoisotopic (exact) mass is 308 g/mol. The van der Waals surface area contributed by atoms with Crippen molar-refractivity contribution >= 4 is 27.8 Å². The molecule has 0 aliphatic carbocycles. The molecule has 2 N–H and O–H groups in total. The molecule has 0 aliphatic rings. The van der Waals surface area contributed by atoms with E-state index in [0.717, 1.165) is 10.8 Å². The maximum absolute atomic E-state index is 11.9. The number of carbonyl (C=O) groups excluding carboxylic acids is 1. The van der Waals surface area contributed by atoms with Gasteiger partial charge in [0.15, 0.2) is 11.5 Å². The molecule has 2 rings (SSSR count). The summed E-state index contributed by atoms with van der Waals surface area (Å²) in [6.45, 7) is 2.44. The number of thiophene rings is 1. The summed E-state index contributed by atoms with van der Waals surface area (Å²) in [5.41, 5.74) is 6.48. The molecule has 0 atom stereocenters. The first-order chi connectivity index (χ1) is 9.99. The van der Waals surface area contributed by atoms with Gasteiger partial charge in [-0.3, -0.25) is 4.79 Å². The minimum atomic E-state index is 0.0347. The van der Waals surface area contributed by atoms with E-state index in [2.05, 4.69) is 4.98 Å². The van der Waals surface area contributed by atoms with Crippen LogP contribution in [0.5, 0.6) is 5.75 Å². The normalized spacial score (nSPS) is 10.7. The van der Waals surface area contributed by atoms with Crippen molar-refractivity contribution in [1.82, 2.24) is 9.55 Å².